The highest BCUT2D eigenvalue weighted by molar-refractivity contribution is 5.89. The Bertz CT molecular complexity index is 784. The lowest BCUT2D eigenvalue weighted by Gasteiger charge is -2.23. The fourth-order valence-electron chi connectivity index (χ4n) is 3.19. The zero-order chi connectivity index (χ0) is 17.3. The van der Waals surface area contributed by atoms with Gasteiger partial charge in [-0.3, -0.25) is 4.98 Å². The van der Waals surface area contributed by atoms with Crippen LogP contribution < -0.4 is 0 Å². The summed E-state index contributed by atoms with van der Waals surface area (Å²) in [7, 11) is 2.14. The highest BCUT2D eigenvalue weighted by Crippen LogP contribution is 2.50. The molecule has 1 aromatic heterocycles. The minimum atomic E-state index is 0.312. The van der Waals surface area contributed by atoms with Crippen molar-refractivity contribution in [2.24, 2.45) is 0 Å². The molecule has 24 heavy (non-hydrogen) atoms. The predicted octanol–water partition coefficient (Wildman–Crippen LogP) is 5.54. The zero-order valence-electron chi connectivity index (χ0n) is 15.3. The van der Waals surface area contributed by atoms with Crippen molar-refractivity contribution in [3.63, 3.8) is 0 Å². The Balaban J connectivity index is 2.12. The molecule has 0 saturated heterocycles. The van der Waals surface area contributed by atoms with E-state index in [-0.39, 0.29) is 0 Å². The molecular formula is C22H28N2. The van der Waals surface area contributed by atoms with Crippen molar-refractivity contribution in [1.82, 2.24) is 9.88 Å². The first-order chi connectivity index (χ1) is 11.5. The van der Waals surface area contributed by atoms with Crippen molar-refractivity contribution in [3.05, 3.63) is 60.4 Å². The van der Waals surface area contributed by atoms with Crippen LogP contribution in [-0.2, 0) is 5.41 Å². The highest BCUT2D eigenvalue weighted by atomic mass is 15.1. The summed E-state index contributed by atoms with van der Waals surface area (Å²) in [6.07, 6.45) is 9.71. The molecule has 0 spiro atoms. The molecule has 1 atom stereocenters. The summed E-state index contributed by atoms with van der Waals surface area (Å²) in [6.45, 7) is 10.9. The average molecular weight is 320 g/mol. The Morgan fingerprint density at radius 1 is 1.42 bits per heavy atom. The van der Waals surface area contributed by atoms with Gasteiger partial charge in [0.15, 0.2) is 0 Å². The van der Waals surface area contributed by atoms with E-state index >= 15 is 0 Å². The van der Waals surface area contributed by atoms with E-state index in [2.05, 4.69) is 68.7 Å². The number of allylic oxidation sites excluding steroid dienone is 2. The second-order valence-corrected chi connectivity index (χ2v) is 7.37. The number of hydrogen-bond donors (Lipinski definition) is 0. The van der Waals surface area contributed by atoms with Gasteiger partial charge in [-0.05, 0) is 66.5 Å². The number of fused-ring (bicyclic) bond motifs is 1. The van der Waals surface area contributed by atoms with Crippen LogP contribution in [0.3, 0.4) is 0 Å². The average Bonchev–Trinajstić information content (AvgIpc) is 3.36. The third kappa shape index (κ3) is 3.10. The topological polar surface area (TPSA) is 16.1 Å². The number of rotatable bonds is 6. The van der Waals surface area contributed by atoms with Crippen LogP contribution >= 0.6 is 0 Å². The Kier molecular flexibility index (Phi) is 4.49. The summed E-state index contributed by atoms with van der Waals surface area (Å²) in [5.41, 5.74) is 5.20. The summed E-state index contributed by atoms with van der Waals surface area (Å²) in [6, 6.07) is 9.31. The van der Waals surface area contributed by atoms with Crippen molar-refractivity contribution in [3.8, 4) is 0 Å². The second-order valence-electron chi connectivity index (χ2n) is 7.37. The van der Waals surface area contributed by atoms with Gasteiger partial charge in [-0.2, -0.15) is 0 Å². The molecule has 0 N–H and O–H groups in total. The van der Waals surface area contributed by atoms with Gasteiger partial charge in [0.25, 0.3) is 0 Å². The molecule has 2 nitrogen and oxygen atoms in total. The predicted molar refractivity (Wildman–Crippen MR) is 104 cm³/mol. The van der Waals surface area contributed by atoms with Gasteiger partial charge in [0.2, 0.25) is 0 Å². The second kappa shape index (κ2) is 6.43. The molecule has 1 aliphatic carbocycles. The Morgan fingerprint density at radius 2 is 2.17 bits per heavy atom. The molecular weight excluding hydrogens is 292 g/mol. The molecule has 1 aromatic carbocycles. The van der Waals surface area contributed by atoms with Gasteiger partial charge in [0.05, 0.1) is 5.52 Å². The standard InChI is InChI=1S/C22H28N2/c1-6-16(3)24(5)15-17(7-2)18-13-20(22(4)10-11-22)19-9-8-12-23-21(19)14-18/h7-9,12-16H,2,6,10-11H2,1,3-5H3/b17-15+. The minimum absolute atomic E-state index is 0.312. The van der Waals surface area contributed by atoms with Gasteiger partial charge >= 0.3 is 0 Å². The van der Waals surface area contributed by atoms with Gasteiger partial charge in [-0.1, -0.05) is 32.6 Å². The number of nitrogens with zero attached hydrogens (tertiary/aromatic N) is 2. The van der Waals surface area contributed by atoms with E-state index in [1.165, 1.54) is 29.4 Å². The van der Waals surface area contributed by atoms with Crippen molar-refractivity contribution < 1.29 is 0 Å². The molecule has 1 unspecified atom stereocenters. The smallest absolute Gasteiger partial charge is 0.0711 e. The van der Waals surface area contributed by atoms with Gasteiger partial charge in [0, 0.05) is 30.9 Å². The molecule has 1 aliphatic rings. The van der Waals surface area contributed by atoms with Crippen LogP contribution in [0.2, 0.25) is 0 Å². The first kappa shape index (κ1) is 16.8. The van der Waals surface area contributed by atoms with Gasteiger partial charge in [0.1, 0.15) is 0 Å². The third-order valence-corrected chi connectivity index (χ3v) is 5.55. The summed E-state index contributed by atoms with van der Waals surface area (Å²) in [4.78, 5) is 6.89. The van der Waals surface area contributed by atoms with Crippen molar-refractivity contribution in [2.45, 2.75) is 51.5 Å². The summed E-state index contributed by atoms with van der Waals surface area (Å²) in [5, 5.41) is 1.29. The van der Waals surface area contributed by atoms with Crippen LogP contribution in [0.25, 0.3) is 16.5 Å². The molecule has 0 aliphatic heterocycles. The largest absolute Gasteiger partial charge is 0.377 e. The van der Waals surface area contributed by atoms with E-state index in [1.54, 1.807) is 0 Å². The number of benzene rings is 1. The molecule has 0 radical (unpaired) electrons. The normalized spacial score (nSPS) is 17.6. The molecule has 1 heterocycles. The fraction of sp³-hybridized carbons (Fsp3) is 0.409. The lowest BCUT2D eigenvalue weighted by Crippen LogP contribution is -2.23. The van der Waals surface area contributed by atoms with E-state index < -0.39 is 0 Å². The Hall–Kier alpha value is -2.09. The minimum Gasteiger partial charge on any atom is -0.377 e. The SMILES string of the molecule is C=C/C(=C\N(C)C(C)CC)c1cc(C2(C)CC2)c2cccnc2c1. The maximum Gasteiger partial charge on any atom is 0.0711 e. The first-order valence-corrected chi connectivity index (χ1v) is 8.94. The lowest BCUT2D eigenvalue weighted by molar-refractivity contribution is 0.344. The summed E-state index contributed by atoms with van der Waals surface area (Å²) in [5.74, 6) is 0. The maximum atomic E-state index is 4.62. The Morgan fingerprint density at radius 3 is 2.79 bits per heavy atom. The van der Waals surface area contributed by atoms with Gasteiger partial charge in [-0.25, -0.2) is 0 Å². The van der Waals surface area contributed by atoms with Gasteiger partial charge < -0.3 is 4.90 Å². The van der Waals surface area contributed by atoms with Crippen LogP contribution in [-0.4, -0.2) is 23.0 Å². The van der Waals surface area contributed by atoms with Crippen LogP contribution in [0.5, 0.6) is 0 Å². The van der Waals surface area contributed by atoms with Crippen LogP contribution in [0.15, 0.2) is 49.3 Å². The molecule has 0 amide bonds. The molecule has 2 aromatic rings. The molecule has 1 fully saturated rings. The van der Waals surface area contributed by atoms with E-state index in [0.717, 1.165) is 17.5 Å². The monoisotopic (exact) mass is 320 g/mol. The van der Waals surface area contributed by atoms with Crippen molar-refractivity contribution in [1.29, 1.82) is 0 Å². The van der Waals surface area contributed by atoms with Crippen molar-refractivity contribution in [2.75, 3.05) is 7.05 Å². The maximum absolute atomic E-state index is 4.62. The summed E-state index contributed by atoms with van der Waals surface area (Å²) < 4.78 is 0. The molecule has 2 heteroatoms. The van der Waals surface area contributed by atoms with Gasteiger partial charge in [-0.15, -0.1) is 0 Å². The first-order valence-electron chi connectivity index (χ1n) is 8.94. The molecule has 3 rings (SSSR count). The van der Waals surface area contributed by atoms with E-state index in [9.17, 15) is 0 Å². The van der Waals surface area contributed by atoms with E-state index in [1.807, 2.05) is 18.3 Å². The van der Waals surface area contributed by atoms with Crippen LogP contribution in [0.4, 0.5) is 0 Å². The third-order valence-electron chi connectivity index (χ3n) is 5.55. The summed E-state index contributed by atoms with van der Waals surface area (Å²) >= 11 is 0. The van der Waals surface area contributed by atoms with E-state index in [0.29, 0.717) is 11.5 Å². The number of hydrogen-bond acceptors (Lipinski definition) is 2. The molecule has 0 bridgehead atoms. The highest BCUT2D eigenvalue weighted by Gasteiger charge is 2.40. The molecule has 1 saturated carbocycles. The number of pyridine rings is 1. The van der Waals surface area contributed by atoms with E-state index in [4.69, 9.17) is 0 Å². The lowest BCUT2D eigenvalue weighted by atomic mass is 9.90. The quantitative estimate of drug-likeness (QED) is 0.649. The van der Waals surface area contributed by atoms with Crippen LogP contribution in [0, 0.1) is 0 Å². The number of aromatic nitrogens is 1. The van der Waals surface area contributed by atoms with Crippen molar-refractivity contribution >= 4 is 16.5 Å². The Labute approximate surface area is 145 Å². The fourth-order valence-corrected chi connectivity index (χ4v) is 3.19. The molecule has 126 valence electrons. The zero-order valence-corrected chi connectivity index (χ0v) is 15.3. The van der Waals surface area contributed by atoms with Crippen LogP contribution in [0.1, 0.15) is 51.2 Å².